The van der Waals surface area contributed by atoms with Crippen LogP contribution < -0.4 is 0 Å². The molecule has 82 valence electrons. The van der Waals surface area contributed by atoms with Gasteiger partial charge in [-0.2, -0.15) is 0 Å². The Hall–Kier alpha value is -0.0800. The summed E-state index contributed by atoms with van der Waals surface area (Å²) in [4.78, 5) is 5.15. The first kappa shape index (κ1) is 10.4. The van der Waals surface area contributed by atoms with Crippen LogP contribution in [0.4, 0.5) is 0 Å². The molecule has 0 bridgehead atoms. The van der Waals surface area contributed by atoms with Gasteiger partial charge in [0.15, 0.2) is 0 Å². The summed E-state index contributed by atoms with van der Waals surface area (Å²) in [5.74, 6) is 1.70. The fourth-order valence-corrected chi connectivity index (χ4v) is 3.74. The van der Waals surface area contributed by atoms with Gasteiger partial charge in [0.25, 0.3) is 0 Å². The summed E-state index contributed by atoms with van der Waals surface area (Å²) < 4.78 is 0. The van der Waals surface area contributed by atoms with Crippen molar-refractivity contribution in [2.75, 3.05) is 14.1 Å². The van der Waals surface area contributed by atoms with Crippen LogP contribution in [0, 0.1) is 11.8 Å². The van der Waals surface area contributed by atoms with Gasteiger partial charge in [-0.05, 0) is 46.2 Å². The Balaban J connectivity index is 2.33. The number of likely N-dealkylation sites (N-methyl/N-ethyl adjacent to an activating group) is 2. The minimum absolute atomic E-state index is 0.234. The zero-order valence-corrected chi connectivity index (χ0v) is 10.4. The van der Waals surface area contributed by atoms with E-state index >= 15 is 0 Å². The third-order valence-corrected chi connectivity index (χ3v) is 4.88. The van der Waals surface area contributed by atoms with Crippen LogP contribution in [0.1, 0.15) is 34.1 Å². The molecular formula is C12H24N2. The topological polar surface area (TPSA) is 6.48 Å². The number of rotatable bonds is 0. The molecule has 0 amide bonds. The summed E-state index contributed by atoms with van der Waals surface area (Å²) in [7, 11) is 4.57. The van der Waals surface area contributed by atoms with Gasteiger partial charge in [-0.25, -0.2) is 0 Å². The Labute approximate surface area is 88.3 Å². The van der Waals surface area contributed by atoms with Crippen LogP contribution >= 0.6 is 0 Å². The van der Waals surface area contributed by atoms with Crippen LogP contribution in [-0.2, 0) is 0 Å². The van der Waals surface area contributed by atoms with Crippen LogP contribution in [-0.4, -0.2) is 41.6 Å². The molecule has 1 heterocycles. The number of hydrogen-bond acceptors (Lipinski definition) is 2. The first-order valence-corrected chi connectivity index (χ1v) is 5.83. The summed E-state index contributed by atoms with van der Waals surface area (Å²) >= 11 is 0. The third-order valence-electron chi connectivity index (χ3n) is 4.88. The molecule has 2 aliphatic rings. The van der Waals surface area contributed by atoms with Gasteiger partial charge in [-0.1, -0.05) is 13.8 Å². The Morgan fingerprint density at radius 1 is 0.929 bits per heavy atom. The van der Waals surface area contributed by atoms with Crippen LogP contribution in [0.5, 0.6) is 0 Å². The van der Waals surface area contributed by atoms with E-state index in [1.54, 1.807) is 0 Å². The molecule has 1 saturated carbocycles. The van der Waals surface area contributed by atoms with Crippen molar-refractivity contribution in [1.29, 1.82) is 0 Å². The first-order valence-electron chi connectivity index (χ1n) is 5.83. The lowest BCUT2D eigenvalue weighted by atomic mass is 10.0. The van der Waals surface area contributed by atoms with E-state index in [1.165, 1.54) is 6.42 Å². The molecule has 2 nitrogen and oxygen atoms in total. The molecule has 0 aromatic rings. The smallest absolute Gasteiger partial charge is 0.0680 e. The predicted octanol–water partition coefficient (Wildman–Crippen LogP) is 2.01. The molecular weight excluding hydrogens is 172 g/mol. The molecule has 4 atom stereocenters. The Kier molecular flexibility index (Phi) is 2.20. The van der Waals surface area contributed by atoms with Crippen molar-refractivity contribution in [2.45, 2.75) is 51.9 Å². The van der Waals surface area contributed by atoms with Gasteiger partial charge >= 0.3 is 0 Å². The molecule has 0 aromatic heterocycles. The van der Waals surface area contributed by atoms with Crippen LogP contribution in [0.15, 0.2) is 0 Å². The van der Waals surface area contributed by atoms with Crippen molar-refractivity contribution >= 4 is 0 Å². The molecule has 2 rings (SSSR count). The normalized spacial score (nSPS) is 48.4. The van der Waals surface area contributed by atoms with E-state index in [0.29, 0.717) is 0 Å². The second-order valence-electron chi connectivity index (χ2n) is 5.89. The van der Waals surface area contributed by atoms with Crippen molar-refractivity contribution < 1.29 is 0 Å². The first-order chi connectivity index (χ1) is 6.37. The fraction of sp³-hybridized carbons (Fsp3) is 1.00. The summed E-state index contributed by atoms with van der Waals surface area (Å²) in [5, 5.41) is 0. The van der Waals surface area contributed by atoms with E-state index in [4.69, 9.17) is 0 Å². The maximum Gasteiger partial charge on any atom is 0.0680 e. The molecule has 1 aliphatic heterocycles. The molecule has 4 unspecified atom stereocenters. The lowest BCUT2D eigenvalue weighted by Crippen LogP contribution is -2.48. The van der Waals surface area contributed by atoms with Gasteiger partial charge in [0.05, 0.1) is 5.66 Å². The fourth-order valence-electron chi connectivity index (χ4n) is 3.74. The van der Waals surface area contributed by atoms with Crippen molar-refractivity contribution in [3.8, 4) is 0 Å². The average Bonchev–Trinajstić information content (AvgIpc) is 2.45. The second-order valence-corrected chi connectivity index (χ2v) is 5.89. The summed E-state index contributed by atoms with van der Waals surface area (Å²) in [5.41, 5.74) is 0.234. The van der Waals surface area contributed by atoms with E-state index in [-0.39, 0.29) is 5.66 Å². The maximum atomic E-state index is 2.58. The molecule has 0 N–H and O–H groups in total. The molecule has 0 radical (unpaired) electrons. The van der Waals surface area contributed by atoms with E-state index in [1.807, 2.05) is 0 Å². The molecule has 0 spiro atoms. The van der Waals surface area contributed by atoms with Gasteiger partial charge in [-0.3, -0.25) is 9.80 Å². The molecule has 0 aromatic carbocycles. The van der Waals surface area contributed by atoms with Crippen molar-refractivity contribution in [3.63, 3.8) is 0 Å². The van der Waals surface area contributed by atoms with Gasteiger partial charge < -0.3 is 0 Å². The lowest BCUT2D eigenvalue weighted by Gasteiger charge is -2.37. The van der Waals surface area contributed by atoms with Crippen molar-refractivity contribution in [2.24, 2.45) is 11.8 Å². The van der Waals surface area contributed by atoms with E-state index in [9.17, 15) is 0 Å². The Bertz CT molecular complexity index is 214. The van der Waals surface area contributed by atoms with E-state index in [0.717, 1.165) is 23.9 Å². The summed E-state index contributed by atoms with van der Waals surface area (Å²) in [6, 6.07) is 1.54. The molecule has 1 aliphatic carbocycles. The molecule has 2 heteroatoms. The van der Waals surface area contributed by atoms with Crippen LogP contribution in [0.25, 0.3) is 0 Å². The third kappa shape index (κ3) is 1.10. The zero-order valence-electron chi connectivity index (χ0n) is 10.4. The van der Waals surface area contributed by atoms with Crippen LogP contribution in [0.2, 0.25) is 0 Å². The lowest BCUT2D eigenvalue weighted by molar-refractivity contribution is 0.0477. The summed E-state index contributed by atoms with van der Waals surface area (Å²) in [6.07, 6.45) is 1.39. The minimum atomic E-state index is 0.234. The number of hydrogen-bond donors (Lipinski definition) is 0. The summed E-state index contributed by atoms with van der Waals surface area (Å²) in [6.45, 7) is 9.50. The van der Waals surface area contributed by atoms with Crippen molar-refractivity contribution in [3.05, 3.63) is 0 Å². The van der Waals surface area contributed by atoms with Gasteiger partial charge in [0, 0.05) is 12.1 Å². The Morgan fingerprint density at radius 2 is 1.29 bits per heavy atom. The minimum Gasteiger partial charge on any atom is -0.284 e. The standard InChI is InChI=1S/C12H24N2/c1-8-7-9(2)11-10(8)13(5)12(3,4)14(11)6/h8-11H,7H2,1-6H3. The highest BCUT2D eigenvalue weighted by molar-refractivity contribution is 5.08. The van der Waals surface area contributed by atoms with E-state index in [2.05, 4.69) is 51.6 Å². The highest BCUT2D eigenvalue weighted by Gasteiger charge is 2.55. The largest absolute Gasteiger partial charge is 0.284 e. The quantitative estimate of drug-likeness (QED) is 0.585. The van der Waals surface area contributed by atoms with Gasteiger partial charge in [0.1, 0.15) is 0 Å². The molecule has 2 fully saturated rings. The number of nitrogens with zero attached hydrogens (tertiary/aromatic N) is 2. The predicted molar refractivity (Wildman–Crippen MR) is 60.1 cm³/mol. The van der Waals surface area contributed by atoms with Gasteiger partial charge in [0.2, 0.25) is 0 Å². The monoisotopic (exact) mass is 196 g/mol. The van der Waals surface area contributed by atoms with Crippen LogP contribution in [0.3, 0.4) is 0 Å². The van der Waals surface area contributed by atoms with Crippen molar-refractivity contribution in [1.82, 2.24) is 9.80 Å². The average molecular weight is 196 g/mol. The number of fused-ring (bicyclic) bond motifs is 1. The highest BCUT2D eigenvalue weighted by atomic mass is 15.5. The Morgan fingerprint density at radius 3 is 1.64 bits per heavy atom. The zero-order chi connectivity index (χ0) is 10.7. The maximum absolute atomic E-state index is 2.58. The highest BCUT2D eigenvalue weighted by Crippen LogP contribution is 2.46. The van der Waals surface area contributed by atoms with Gasteiger partial charge in [-0.15, -0.1) is 0 Å². The molecule has 1 saturated heterocycles. The van der Waals surface area contributed by atoms with E-state index < -0.39 is 0 Å². The second kappa shape index (κ2) is 2.96. The SMILES string of the molecule is CC1CC(C)C2C1N(C)C(C)(C)N2C. The molecule has 14 heavy (non-hydrogen) atoms.